The number of anilines is 2. The summed E-state index contributed by atoms with van der Waals surface area (Å²) in [6.07, 6.45) is 3.69. The van der Waals surface area contributed by atoms with Gasteiger partial charge in [0.15, 0.2) is 5.82 Å². The van der Waals surface area contributed by atoms with Crippen LogP contribution in [0.1, 0.15) is 45.9 Å². The molecule has 106 valence electrons. The zero-order valence-corrected chi connectivity index (χ0v) is 12.1. The molecule has 1 atom stereocenters. The Balaban J connectivity index is 2.09. The van der Waals surface area contributed by atoms with Gasteiger partial charge in [0.1, 0.15) is 18.2 Å². The molecule has 0 amide bonds. The summed E-state index contributed by atoms with van der Waals surface area (Å²) in [4.78, 5) is 8.66. The largest absolute Gasteiger partial charge is 0.384 e. The number of nitrogens with one attached hydrogen (secondary N) is 1. The molecule has 0 bridgehead atoms. The number of hydrogen-bond acceptors (Lipinski definition) is 5. The highest BCUT2D eigenvalue weighted by atomic mass is 16.5. The molecular weight excluding hydrogens is 240 g/mol. The van der Waals surface area contributed by atoms with E-state index in [0.717, 1.165) is 5.82 Å². The van der Waals surface area contributed by atoms with Crippen molar-refractivity contribution in [3.8, 4) is 0 Å². The van der Waals surface area contributed by atoms with Crippen LogP contribution >= 0.6 is 0 Å². The predicted octanol–water partition coefficient (Wildman–Crippen LogP) is 2.59. The van der Waals surface area contributed by atoms with Crippen LogP contribution in [0.4, 0.5) is 11.6 Å². The lowest BCUT2D eigenvalue weighted by Gasteiger charge is -2.28. The maximum Gasteiger partial charge on any atom is 0.158 e. The van der Waals surface area contributed by atoms with E-state index in [9.17, 15) is 0 Å². The van der Waals surface area contributed by atoms with Gasteiger partial charge in [-0.05, 0) is 25.2 Å². The van der Waals surface area contributed by atoms with Gasteiger partial charge in [0.25, 0.3) is 0 Å². The molecule has 1 aliphatic rings. The highest BCUT2D eigenvalue weighted by molar-refractivity contribution is 5.45. The Morgan fingerprint density at radius 3 is 2.89 bits per heavy atom. The molecule has 1 unspecified atom stereocenters. The molecule has 19 heavy (non-hydrogen) atoms. The average Bonchev–Trinajstić information content (AvgIpc) is 2.65. The molecule has 5 nitrogen and oxygen atoms in total. The lowest BCUT2D eigenvalue weighted by atomic mass is 9.87. The van der Waals surface area contributed by atoms with Gasteiger partial charge in [-0.3, -0.25) is 0 Å². The van der Waals surface area contributed by atoms with Crippen LogP contribution in [-0.4, -0.2) is 22.6 Å². The summed E-state index contributed by atoms with van der Waals surface area (Å²) in [6.45, 7) is 7.60. The van der Waals surface area contributed by atoms with E-state index in [1.54, 1.807) is 6.07 Å². The van der Waals surface area contributed by atoms with Gasteiger partial charge in [0.05, 0.1) is 0 Å². The van der Waals surface area contributed by atoms with Crippen molar-refractivity contribution in [1.29, 1.82) is 0 Å². The fraction of sp³-hybridized carbons (Fsp3) is 0.714. The van der Waals surface area contributed by atoms with E-state index in [1.165, 1.54) is 19.3 Å². The minimum absolute atomic E-state index is 0.305. The van der Waals surface area contributed by atoms with E-state index < -0.39 is 0 Å². The minimum atomic E-state index is 0.305. The van der Waals surface area contributed by atoms with E-state index in [1.807, 2.05) is 6.92 Å². The third-order valence-electron chi connectivity index (χ3n) is 3.81. The predicted molar refractivity (Wildman–Crippen MR) is 76.8 cm³/mol. The zero-order valence-electron chi connectivity index (χ0n) is 12.1. The normalized spacial score (nSPS) is 21.5. The minimum Gasteiger partial charge on any atom is -0.384 e. The lowest BCUT2D eigenvalue weighted by Crippen LogP contribution is -2.31. The Morgan fingerprint density at radius 1 is 1.47 bits per heavy atom. The van der Waals surface area contributed by atoms with Gasteiger partial charge in [-0.15, -0.1) is 0 Å². The van der Waals surface area contributed by atoms with Crippen LogP contribution in [0, 0.1) is 5.41 Å². The Labute approximate surface area is 115 Å². The molecule has 0 aromatic carbocycles. The lowest BCUT2D eigenvalue weighted by molar-refractivity contribution is 0.128. The Morgan fingerprint density at radius 2 is 2.26 bits per heavy atom. The molecule has 1 aromatic rings. The standard InChI is InChI=1S/C14H24N4O/c1-4-19-9-13-17-11(15)8-12(18-13)16-10-6-5-7-14(10,2)3/h8,10H,4-7,9H2,1-3H3,(H3,15,16,17,18). The molecule has 1 fully saturated rings. The maximum absolute atomic E-state index is 5.83. The molecule has 0 aliphatic heterocycles. The van der Waals surface area contributed by atoms with E-state index in [2.05, 4.69) is 29.1 Å². The van der Waals surface area contributed by atoms with Crippen LogP contribution in [0.25, 0.3) is 0 Å². The molecule has 0 radical (unpaired) electrons. The molecule has 1 aliphatic carbocycles. The van der Waals surface area contributed by atoms with Crippen LogP contribution in [0.5, 0.6) is 0 Å². The van der Waals surface area contributed by atoms with Gasteiger partial charge in [-0.25, -0.2) is 9.97 Å². The first-order valence-electron chi connectivity index (χ1n) is 6.99. The number of rotatable bonds is 5. The number of nitrogens with two attached hydrogens (primary N) is 1. The van der Waals surface area contributed by atoms with Crippen LogP contribution in [0.3, 0.4) is 0 Å². The van der Waals surface area contributed by atoms with Crippen LogP contribution in [0.15, 0.2) is 6.07 Å². The summed E-state index contributed by atoms with van der Waals surface area (Å²) in [5, 5.41) is 3.50. The third-order valence-corrected chi connectivity index (χ3v) is 3.81. The van der Waals surface area contributed by atoms with Crippen molar-refractivity contribution in [2.75, 3.05) is 17.7 Å². The van der Waals surface area contributed by atoms with Crippen LogP contribution < -0.4 is 11.1 Å². The van der Waals surface area contributed by atoms with Gasteiger partial charge in [-0.2, -0.15) is 0 Å². The fourth-order valence-corrected chi connectivity index (χ4v) is 2.62. The SMILES string of the molecule is CCOCc1nc(N)cc(NC2CCCC2(C)C)n1. The van der Waals surface area contributed by atoms with E-state index >= 15 is 0 Å². The molecule has 0 spiro atoms. The maximum atomic E-state index is 5.83. The molecule has 5 heteroatoms. The summed E-state index contributed by atoms with van der Waals surface area (Å²) >= 11 is 0. The molecule has 1 saturated carbocycles. The molecule has 0 saturated heterocycles. The highest BCUT2D eigenvalue weighted by Gasteiger charge is 2.34. The highest BCUT2D eigenvalue weighted by Crippen LogP contribution is 2.38. The van der Waals surface area contributed by atoms with Crippen molar-refractivity contribution >= 4 is 11.6 Å². The molecule has 2 rings (SSSR count). The molecule has 1 heterocycles. The molecular formula is C14H24N4O. The first kappa shape index (κ1) is 14.1. The summed E-state index contributed by atoms with van der Waals surface area (Å²) < 4.78 is 5.33. The summed E-state index contributed by atoms with van der Waals surface area (Å²) in [5.74, 6) is 1.94. The van der Waals surface area contributed by atoms with Gasteiger partial charge >= 0.3 is 0 Å². The number of aromatic nitrogens is 2. The second kappa shape index (κ2) is 5.74. The third kappa shape index (κ3) is 3.56. The van der Waals surface area contributed by atoms with Gasteiger partial charge < -0.3 is 15.8 Å². The van der Waals surface area contributed by atoms with Crippen molar-refractivity contribution in [2.24, 2.45) is 5.41 Å². The summed E-state index contributed by atoms with van der Waals surface area (Å²) in [5.41, 5.74) is 6.13. The van der Waals surface area contributed by atoms with Gasteiger partial charge in [-0.1, -0.05) is 20.3 Å². The van der Waals surface area contributed by atoms with E-state index in [4.69, 9.17) is 10.5 Å². The Kier molecular flexibility index (Phi) is 4.24. The van der Waals surface area contributed by atoms with E-state index in [0.29, 0.717) is 36.3 Å². The smallest absolute Gasteiger partial charge is 0.158 e. The Hall–Kier alpha value is -1.36. The topological polar surface area (TPSA) is 73.1 Å². The van der Waals surface area contributed by atoms with Crippen molar-refractivity contribution in [3.63, 3.8) is 0 Å². The second-order valence-electron chi connectivity index (χ2n) is 5.81. The number of nitrogen functional groups attached to an aromatic ring is 1. The molecule has 3 N–H and O–H groups in total. The second-order valence-corrected chi connectivity index (χ2v) is 5.81. The number of hydrogen-bond donors (Lipinski definition) is 2. The van der Waals surface area contributed by atoms with Gasteiger partial charge in [0, 0.05) is 18.7 Å². The average molecular weight is 264 g/mol. The first-order valence-corrected chi connectivity index (χ1v) is 6.99. The summed E-state index contributed by atoms with van der Waals surface area (Å²) in [7, 11) is 0. The van der Waals surface area contributed by atoms with Crippen molar-refractivity contribution in [3.05, 3.63) is 11.9 Å². The van der Waals surface area contributed by atoms with E-state index in [-0.39, 0.29) is 0 Å². The number of ether oxygens (including phenoxy) is 1. The quantitative estimate of drug-likeness (QED) is 0.855. The van der Waals surface area contributed by atoms with Crippen molar-refractivity contribution < 1.29 is 4.74 Å². The monoisotopic (exact) mass is 264 g/mol. The summed E-state index contributed by atoms with van der Waals surface area (Å²) in [6, 6.07) is 2.24. The van der Waals surface area contributed by atoms with Gasteiger partial charge in [0.2, 0.25) is 0 Å². The van der Waals surface area contributed by atoms with Crippen LogP contribution in [0.2, 0.25) is 0 Å². The van der Waals surface area contributed by atoms with Crippen LogP contribution in [-0.2, 0) is 11.3 Å². The Bertz CT molecular complexity index is 433. The van der Waals surface area contributed by atoms with Crippen molar-refractivity contribution in [1.82, 2.24) is 9.97 Å². The molecule has 1 aromatic heterocycles. The first-order chi connectivity index (χ1) is 9.01. The zero-order chi connectivity index (χ0) is 13.9. The van der Waals surface area contributed by atoms with Crippen molar-refractivity contribution in [2.45, 2.75) is 52.7 Å². The number of nitrogens with zero attached hydrogens (tertiary/aromatic N) is 2. The fourth-order valence-electron chi connectivity index (χ4n) is 2.62.